The summed E-state index contributed by atoms with van der Waals surface area (Å²) in [6.45, 7) is 4.89. The number of carbonyl (C=O) groups is 2. The predicted octanol–water partition coefficient (Wildman–Crippen LogP) is 3.12. The molecule has 8 nitrogen and oxygen atoms in total. The zero-order valence-corrected chi connectivity index (χ0v) is 15.7. The van der Waals surface area contributed by atoms with Gasteiger partial charge < -0.3 is 19.8 Å². The summed E-state index contributed by atoms with van der Waals surface area (Å²) in [5, 5.41) is 17.3. The molecule has 0 saturated carbocycles. The summed E-state index contributed by atoms with van der Waals surface area (Å²) < 4.78 is 6.38. The highest BCUT2D eigenvalue weighted by molar-refractivity contribution is 9.10. The lowest BCUT2D eigenvalue weighted by atomic mass is 9.96. The quantitative estimate of drug-likeness (QED) is 0.785. The number of hydrogen-bond donors (Lipinski definition) is 2. The van der Waals surface area contributed by atoms with Gasteiger partial charge in [-0.2, -0.15) is 0 Å². The number of likely N-dealkylation sites (tertiary alicyclic amines) is 2. The second-order valence-electron chi connectivity index (χ2n) is 6.16. The molecule has 2 aliphatic heterocycles. The van der Waals surface area contributed by atoms with Crippen LogP contribution in [0.15, 0.2) is 22.9 Å². The van der Waals surface area contributed by atoms with Crippen molar-refractivity contribution in [3.63, 3.8) is 0 Å². The van der Waals surface area contributed by atoms with Crippen LogP contribution < -0.4 is 4.74 Å². The van der Waals surface area contributed by atoms with Crippen molar-refractivity contribution in [2.75, 3.05) is 13.2 Å². The number of amides is 2. The van der Waals surface area contributed by atoms with E-state index in [4.69, 9.17) is 14.9 Å². The predicted molar refractivity (Wildman–Crippen MR) is 94.0 cm³/mol. The third-order valence-corrected chi connectivity index (χ3v) is 5.09. The average molecular weight is 416 g/mol. The van der Waals surface area contributed by atoms with Crippen molar-refractivity contribution in [1.29, 1.82) is 0 Å². The van der Waals surface area contributed by atoms with Gasteiger partial charge in [-0.25, -0.2) is 9.59 Å². The molecule has 0 bridgehead atoms. The third-order valence-electron chi connectivity index (χ3n) is 4.43. The van der Waals surface area contributed by atoms with E-state index in [1.807, 2.05) is 13.8 Å². The summed E-state index contributed by atoms with van der Waals surface area (Å²) in [6.07, 6.45) is 3.45. The average Bonchev–Trinajstić information content (AvgIpc) is 2.50. The SMILES string of the molecule is CC1CC(COc2cnccc2Br)N1C(=O)O.CC1CCN1C(=O)O. The summed E-state index contributed by atoms with van der Waals surface area (Å²) in [4.78, 5) is 27.9. The highest BCUT2D eigenvalue weighted by atomic mass is 79.9. The first-order chi connectivity index (χ1) is 11.8. The second kappa shape index (κ2) is 8.37. The number of ether oxygens (including phenoxy) is 1. The Balaban J connectivity index is 0.000000236. The molecule has 25 heavy (non-hydrogen) atoms. The molecule has 2 aliphatic rings. The van der Waals surface area contributed by atoms with Gasteiger partial charge in [-0.15, -0.1) is 0 Å². The zero-order valence-electron chi connectivity index (χ0n) is 14.1. The van der Waals surface area contributed by atoms with E-state index in [2.05, 4.69) is 20.9 Å². The van der Waals surface area contributed by atoms with Crippen LogP contribution in [0, 0.1) is 0 Å². The van der Waals surface area contributed by atoms with Gasteiger partial charge in [0.05, 0.1) is 16.7 Å². The normalized spacial score (nSPS) is 24.4. The van der Waals surface area contributed by atoms with Crippen LogP contribution in [-0.2, 0) is 0 Å². The Morgan fingerprint density at radius 2 is 2.04 bits per heavy atom. The lowest BCUT2D eigenvalue weighted by molar-refractivity contribution is 0.00958. The number of hydrogen-bond acceptors (Lipinski definition) is 4. The summed E-state index contributed by atoms with van der Waals surface area (Å²) in [5.74, 6) is 0.636. The molecular formula is C16H22BrN3O5. The number of aromatic nitrogens is 1. The summed E-state index contributed by atoms with van der Waals surface area (Å²) >= 11 is 3.35. The minimum absolute atomic E-state index is 0.0605. The Bertz CT molecular complexity index is 630. The minimum atomic E-state index is -0.886. The molecular weight excluding hydrogens is 394 g/mol. The molecule has 9 heteroatoms. The number of rotatable bonds is 3. The van der Waals surface area contributed by atoms with Crippen molar-refractivity contribution in [3.8, 4) is 5.75 Å². The van der Waals surface area contributed by atoms with Crippen LogP contribution in [-0.4, -0.2) is 68.5 Å². The first-order valence-electron chi connectivity index (χ1n) is 8.04. The maximum atomic E-state index is 10.9. The largest absolute Gasteiger partial charge is 0.489 e. The first-order valence-corrected chi connectivity index (χ1v) is 8.83. The maximum Gasteiger partial charge on any atom is 0.407 e. The number of nitrogens with zero attached hydrogens (tertiary/aromatic N) is 3. The van der Waals surface area contributed by atoms with Crippen LogP contribution in [0.2, 0.25) is 0 Å². The summed E-state index contributed by atoms with van der Waals surface area (Å²) in [6, 6.07) is 2.06. The van der Waals surface area contributed by atoms with E-state index in [0.29, 0.717) is 12.4 Å². The molecule has 2 amide bonds. The standard InChI is InChI=1S/C11H13BrN2O3.C5H9NO2/c1-7-4-8(14(7)11(15)16)6-17-10-5-13-3-2-9(10)12;1-4-2-3-6(4)5(7)8/h2-3,5,7-8H,4,6H2,1H3,(H,15,16);4H,2-3H2,1H3,(H,7,8). The molecule has 3 rings (SSSR count). The van der Waals surface area contributed by atoms with E-state index in [-0.39, 0.29) is 18.1 Å². The maximum absolute atomic E-state index is 10.9. The second-order valence-corrected chi connectivity index (χ2v) is 7.01. The molecule has 0 radical (unpaired) electrons. The first kappa shape index (κ1) is 19.3. The van der Waals surface area contributed by atoms with Crippen LogP contribution >= 0.6 is 15.9 Å². The van der Waals surface area contributed by atoms with Gasteiger partial charge in [-0.3, -0.25) is 9.88 Å². The van der Waals surface area contributed by atoms with Crippen molar-refractivity contribution in [3.05, 3.63) is 22.9 Å². The lowest BCUT2D eigenvalue weighted by Gasteiger charge is -2.44. The van der Waals surface area contributed by atoms with Crippen molar-refractivity contribution in [1.82, 2.24) is 14.8 Å². The molecule has 2 saturated heterocycles. The molecule has 2 fully saturated rings. The lowest BCUT2D eigenvalue weighted by Crippen LogP contribution is -2.59. The smallest absolute Gasteiger partial charge is 0.407 e. The van der Waals surface area contributed by atoms with Gasteiger partial charge >= 0.3 is 12.2 Å². The van der Waals surface area contributed by atoms with Gasteiger partial charge in [0.1, 0.15) is 6.61 Å². The van der Waals surface area contributed by atoms with Crippen LogP contribution in [0.4, 0.5) is 9.59 Å². The topological polar surface area (TPSA) is 103 Å². The number of halogens is 1. The highest BCUT2D eigenvalue weighted by Gasteiger charge is 2.39. The fraction of sp³-hybridized carbons (Fsp3) is 0.562. The molecule has 138 valence electrons. The van der Waals surface area contributed by atoms with E-state index in [1.165, 1.54) is 9.80 Å². The number of carboxylic acid groups (broad SMARTS) is 2. The summed E-state index contributed by atoms with van der Waals surface area (Å²) in [7, 11) is 0. The van der Waals surface area contributed by atoms with Gasteiger partial charge in [0.25, 0.3) is 0 Å². The third kappa shape index (κ3) is 4.75. The van der Waals surface area contributed by atoms with Gasteiger partial charge in [0, 0.05) is 24.8 Å². The Labute approximate surface area is 154 Å². The monoisotopic (exact) mass is 415 g/mol. The van der Waals surface area contributed by atoms with Gasteiger partial charge in [0.15, 0.2) is 5.75 Å². The molecule has 3 atom stereocenters. The molecule has 0 spiro atoms. The minimum Gasteiger partial charge on any atom is -0.489 e. The fourth-order valence-corrected chi connectivity index (χ4v) is 3.13. The molecule has 0 aliphatic carbocycles. The molecule has 1 aromatic rings. The van der Waals surface area contributed by atoms with E-state index in [1.54, 1.807) is 18.5 Å². The molecule has 2 N–H and O–H groups in total. The molecule has 1 aromatic heterocycles. The van der Waals surface area contributed by atoms with Crippen molar-refractivity contribution in [2.24, 2.45) is 0 Å². The fourth-order valence-electron chi connectivity index (χ4n) is 2.79. The Morgan fingerprint density at radius 1 is 1.32 bits per heavy atom. The Hall–Kier alpha value is -2.03. The van der Waals surface area contributed by atoms with E-state index in [9.17, 15) is 9.59 Å². The van der Waals surface area contributed by atoms with Crippen molar-refractivity contribution < 1.29 is 24.5 Å². The van der Waals surface area contributed by atoms with E-state index in [0.717, 1.165) is 23.9 Å². The van der Waals surface area contributed by atoms with Crippen LogP contribution in [0.3, 0.4) is 0 Å². The van der Waals surface area contributed by atoms with Gasteiger partial charge in [-0.1, -0.05) is 0 Å². The van der Waals surface area contributed by atoms with Crippen LogP contribution in [0.1, 0.15) is 26.7 Å². The highest BCUT2D eigenvalue weighted by Crippen LogP contribution is 2.28. The molecule has 3 heterocycles. The number of pyridine rings is 1. The van der Waals surface area contributed by atoms with E-state index < -0.39 is 12.2 Å². The van der Waals surface area contributed by atoms with Crippen molar-refractivity contribution >= 4 is 28.1 Å². The zero-order chi connectivity index (χ0) is 18.6. The Morgan fingerprint density at radius 3 is 2.44 bits per heavy atom. The van der Waals surface area contributed by atoms with Crippen LogP contribution in [0.5, 0.6) is 5.75 Å². The van der Waals surface area contributed by atoms with Gasteiger partial charge in [-0.05, 0) is 48.7 Å². The summed E-state index contributed by atoms with van der Waals surface area (Å²) in [5.41, 5.74) is 0. The van der Waals surface area contributed by atoms with E-state index >= 15 is 0 Å². The van der Waals surface area contributed by atoms with Crippen molar-refractivity contribution in [2.45, 2.75) is 44.8 Å². The molecule has 3 unspecified atom stereocenters. The molecule has 0 aromatic carbocycles. The van der Waals surface area contributed by atoms with Gasteiger partial charge in [0.2, 0.25) is 0 Å². The Kier molecular flexibility index (Phi) is 6.46. The van der Waals surface area contributed by atoms with Crippen LogP contribution in [0.25, 0.3) is 0 Å².